The van der Waals surface area contributed by atoms with Crippen molar-refractivity contribution in [2.45, 2.75) is 97.7 Å². The van der Waals surface area contributed by atoms with Gasteiger partial charge in [-0.2, -0.15) is 0 Å². The summed E-state index contributed by atoms with van der Waals surface area (Å²) in [4.78, 5) is 14.1. The summed E-state index contributed by atoms with van der Waals surface area (Å²) in [5, 5.41) is 6.30. The zero-order valence-corrected chi connectivity index (χ0v) is 27.4. The van der Waals surface area contributed by atoms with Crippen LogP contribution in [0.1, 0.15) is 107 Å². The highest BCUT2D eigenvalue weighted by atomic mass is 32.1. The zero-order chi connectivity index (χ0) is 30.0. The van der Waals surface area contributed by atoms with Gasteiger partial charge in [0.05, 0.1) is 18.6 Å². The summed E-state index contributed by atoms with van der Waals surface area (Å²) in [6.45, 7) is 14.9. The first-order valence-corrected chi connectivity index (χ1v) is 17.1. The molecule has 0 aromatic heterocycles. The summed E-state index contributed by atoms with van der Waals surface area (Å²) in [5.74, 6) is -0.254. The Kier molecular flexibility index (Phi) is 9.85. The average Bonchev–Trinajstić information content (AvgIpc) is 2.91. The van der Waals surface area contributed by atoms with Crippen molar-refractivity contribution in [1.29, 1.82) is 0 Å². The van der Waals surface area contributed by atoms with Gasteiger partial charge in [-0.3, -0.25) is 9.36 Å². The van der Waals surface area contributed by atoms with Gasteiger partial charge in [0.1, 0.15) is 0 Å². The van der Waals surface area contributed by atoms with Crippen molar-refractivity contribution in [3.63, 3.8) is 0 Å². The number of carbonyl (C=O) groups excluding carboxylic acids is 1. The van der Waals surface area contributed by atoms with Crippen LogP contribution < -0.4 is 10.6 Å². The maximum atomic E-state index is 14.1. The Labute approximate surface area is 251 Å². The van der Waals surface area contributed by atoms with E-state index in [1.165, 1.54) is 16.7 Å². The third-order valence-electron chi connectivity index (χ3n) is 9.35. The third-order valence-corrected chi connectivity index (χ3v) is 11.9. The molecule has 1 unspecified atom stereocenters. The first kappa shape index (κ1) is 31.9. The van der Waals surface area contributed by atoms with Crippen LogP contribution in [0.3, 0.4) is 0 Å². The SMILES string of the molecule is CCOP(=O)(OCC)C(NC(=S)NC(=O)[C@]1(C)CCC[C@]2(C)c3ccc(C(C)C)cc3CC[C@@H]12)c1cccc(C)c1. The standard InChI is InChI=1S/C33H47N2O4PS/c1-8-38-40(37,39-9-2)29(26-13-10-12-23(5)20-26)34-31(41)35-30(36)33(7)19-11-18-32(6)27-16-14-24(22(3)4)21-25(27)15-17-28(32)33/h10,12-14,16,20-22,28-29H,8-9,11,15,17-19H2,1-7H3,(H2,34,35,36,41)/t28-,29?,32-,33-/m1/s1. The van der Waals surface area contributed by atoms with Gasteiger partial charge >= 0.3 is 7.60 Å². The zero-order valence-electron chi connectivity index (χ0n) is 25.7. The number of nitrogens with one attached hydrogen (secondary N) is 2. The monoisotopic (exact) mass is 598 g/mol. The Morgan fingerprint density at radius 2 is 1.78 bits per heavy atom. The number of rotatable bonds is 9. The van der Waals surface area contributed by atoms with Gasteiger partial charge in [0.25, 0.3) is 0 Å². The van der Waals surface area contributed by atoms with Crippen molar-refractivity contribution in [2.75, 3.05) is 13.2 Å². The first-order valence-electron chi connectivity index (χ1n) is 15.1. The summed E-state index contributed by atoms with van der Waals surface area (Å²) < 4.78 is 25.4. The number of hydrogen-bond donors (Lipinski definition) is 2. The molecule has 0 saturated heterocycles. The van der Waals surface area contributed by atoms with Crippen LogP contribution in [0.2, 0.25) is 0 Å². The second-order valence-corrected chi connectivity index (χ2v) is 15.0. The second-order valence-electron chi connectivity index (χ2n) is 12.5. The van der Waals surface area contributed by atoms with Gasteiger partial charge in [-0.15, -0.1) is 0 Å². The van der Waals surface area contributed by atoms with E-state index in [2.05, 4.69) is 56.5 Å². The maximum Gasteiger partial charge on any atom is 0.357 e. The molecule has 1 saturated carbocycles. The molecule has 0 spiro atoms. The lowest BCUT2D eigenvalue weighted by Gasteiger charge is -2.54. The van der Waals surface area contributed by atoms with Crippen molar-refractivity contribution in [1.82, 2.24) is 10.6 Å². The van der Waals surface area contributed by atoms with E-state index in [4.69, 9.17) is 21.3 Å². The summed E-state index contributed by atoms with van der Waals surface area (Å²) in [6, 6.07) is 14.6. The first-order chi connectivity index (χ1) is 19.4. The van der Waals surface area contributed by atoms with E-state index in [0.29, 0.717) is 5.92 Å². The van der Waals surface area contributed by atoms with Gasteiger partial charge in [-0.25, -0.2) is 0 Å². The molecule has 224 valence electrons. The van der Waals surface area contributed by atoms with Crippen molar-refractivity contribution >= 4 is 30.8 Å². The molecule has 2 aromatic rings. The molecule has 2 aliphatic carbocycles. The lowest BCUT2D eigenvalue weighted by Crippen LogP contribution is -2.57. The number of aryl methyl sites for hydroxylation is 2. The van der Waals surface area contributed by atoms with Crippen LogP contribution in [0.4, 0.5) is 0 Å². The van der Waals surface area contributed by atoms with Crippen LogP contribution in [0.25, 0.3) is 0 Å². The summed E-state index contributed by atoms with van der Waals surface area (Å²) in [7, 11) is -3.65. The van der Waals surface area contributed by atoms with E-state index in [1.807, 2.05) is 31.2 Å². The average molecular weight is 599 g/mol. The smallest absolute Gasteiger partial charge is 0.345 e. The fourth-order valence-corrected chi connectivity index (χ4v) is 9.48. The van der Waals surface area contributed by atoms with Crippen molar-refractivity contribution in [3.05, 3.63) is 70.3 Å². The highest BCUT2D eigenvalue weighted by Crippen LogP contribution is 2.60. The molecule has 0 aliphatic heterocycles. The van der Waals surface area contributed by atoms with E-state index in [-0.39, 0.29) is 35.6 Å². The quantitative estimate of drug-likeness (QED) is 0.224. The Hall–Kier alpha value is -2.05. The molecule has 0 heterocycles. The molecule has 1 amide bonds. The summed E-state index contributed by atoms with van der Waals surface area (Å²) in [5.41, 5.74) is 5.27. The fourth-order valence-electron chi connectivity index (χ4n) is 7.28. The molecular weight excluding hydrogens is 551 g/mol. The predicted molar refractivity (Wildman–Crippen MR) is 170 cm³/mol. The number of fused-ring (bicyclic) bond motifs is 3. The molecule has 6 nitrogen and oxygen atoms in total. The Balaban J connectivity index is 1.58. The molecule has 0 bridgehead atoms. The number of hydrogen-bond acceptors (Lipinski definition) is 5. The highest BCUT2D eigenvalue weighted by Gasteiger charge is 2.55. The Morgan fingerprint density at radius 3 is 2.41 bits per heavy atom. The van der Waals surface area contributed by atoms with Crippen LogP contribution >= 0.6 is 19.8 Å². The summed E-state index contributed by atoms with van der Waals surface area (Å²) >= 11 is 5.70. The lowest BCUT2D eigenvalue weighted by molar-refractivity contribution is -0.137. The van der Waals surface area contributed by atoms with Gasteiger partial charge in [0.15, 0.2) is 10.9 Å². The number of benzene rings is 2. The topological polar surface area (TPSA) is 76.7 Å². The molecule has 1 fully saturated rings. The molecule has 2 aromatic carbocycles. The lowest BCUT2D eigenvalue weighted by atomic mass is 9.49. The molecule has 2 aliphatic rings. The van der Waals surface area contributed by atoms with Gasteiger partial charge in [0, 0.05) is 0 Å². The van der Waals surface area contributed by atoms with Crippen molar-refractivity contribution in [2.24, 2.45) is 11.3 Å². The van der Waals surface area contributed by atoms with E-state index < -0.39 is 18.8 Å². The minimum atomic E-state index is -3.65. The molecule has 0 radical (unpaired) electrons. The van der Waals surface area contributed by atoms with Crippen molar-refractivity contribution < 1.29 is 18.4 Å². The molecule has 4 atom stereocenters. The van der Waals surface area contributed by atoms with Gasteiger partial charge in [0.2, 0.25) is 5.91 Å². The van der Waals surface area contributed by atoms with Gasteiger partial charge < -0.3 is 19.7 Å². The minimum absolute atomic E-state index is 0.0772. The van der Waals surface area contributed by atoms with Crippen LogP contribution in [0.15, 0.2) is 42.5 Å². The fraction of sp³-hybridized carbons (Fsp3) is 0.576. The van der Waals surface area contributed by atoms with Crippen LogP contribution in [0, 0.1) is 18.3 Å². The van der Waals surface area contributed by atoms with Gasteiger partial charge in [-0.1, -0.05) is 82.1 Å². The Morgan fingerprint density at radius 1 is 1.07 bits per heavy atom. The van der Waals surface area contributed by atoms with E-state index in [9.17, 15) is 9.36 Å². The van der Waals surface area contributed by atoms with Crippen LogP contribution in [0.5, 0.6) is 0 Å². The number of amides is 1. The second kappa shape index (κ2) is 12.7. The van der Waals surface area contributed by atoms with Crippen molar-refractivity contribution in [3.8, 4) is 0 Å². The number of thiocarbonyl (C=S) groups is 1. The normalized spacial score (nSPS) is 24.7. The summed E-state index contributed by atoms with van der Waals surface area (Å²) in [6.07, 6.45) is 4.78. The van der Waals surface area contributed by atoms with Gasteiger partial charge in [-0.05, 0) is 98.2 Å². The highest BCUT2D eigenvalue weighted by molar-refractivity contribution is 7.80. The van der Waals surface area contributed by atoms with E-state index in [1.54, 1.807) is 13.8 Å². The number of carbonyl (C=O) groups is 1. The minimum Gasteiger partial charge on any atom is -0.345 e. The molecule has 4 rings (SSSR count). The molecule has 41 heavy (non-hydrogen) atoms. The van der Waals surface area contributed by atoms with Crippen LogP contribution in [-0.4, -0.2) is 24.2 Å². The van der Waals surface area contributed by atoms with E-state index in [0.717, 1.165) is 43.2 Å². The maximum absolute atomic E-state index is 14.1. The Bertz CT molecular complexity index is 1320. The van der Waals surface area contributed by atoms with Crippen LogP contribution in [-0.2, 0) is 30.2 Å². The predicted octanol–water partition coefficient (Wildman–Crippen LogP) is 8.08. The third kappa shape index (κ3) is 6.34. The molecule has 2 N–H and O–H groups in total. The van der Waals surface area contributed by atoms with E-state index >= 15 is 0 Å². The molecule has 8 heteroatoms. The largest absolute Gasteiger partial charge is 0.357 e. The molecular formula is C33H47N2O4PS.